The van der Waals surface area contributed by atoms with Gasteiger partial charge >= 0.3 is 5.97 Å². The first-order valence-electron chi connectivity index (χ1n) is 6.26. The molecule has 0 aliphatic heterocycles. The van der Waals surface area contributed by atoms with Gasteiger partial charge in [-0.2, -0.15) is 0 Å². The minimum absolute atomic E-state index is 0.217. The predicted molar refractivity (Wildman–Crippen MR) is 71.6 cm³/mol. The van der Waals surface area contributed by atoms with Gasteiger partial charge in [0.05, 0.1) is 12.2 Å². The van der Waals surface area contributed by atoms with Crippen molar-refractivity contribution in [1.82, 2.24) is 0 Å². The Hall–Kier alpha value is -1.80. The second kappa shape index (κ2) is 8.48. The van der Waals surface area contributed by atoms with E-state index in [4.69, 9.17) is 14.6 Å². The van der Waals surface area contributed by atoms with Crippen LogP contribution in [0.25, 0.3) is 0 Å². The van der Waals surface area contributed by atoms with Gasteiger partial charge in [0, 0.05) is 7.11 Å². The Balaban J connectivity index is 2.91. The summed E-state index contributed by atoms with van der Waals surface area (Å²) in [6.45, 7) is -0.754. The van der Waals surface area contributed by atoms with Crippen molar-refractivity contribution in [2.75, 3.05) is 13.7 Å². The first kappa shape index (κ1) is 17.3. The summed E-state index contributed by atoms with van der Waals surface area (Å²) in [4.78, 5) is 22.9. The van der Waals surface area contributed by atoms with E-state index in [0.29, 0.717) is 6.29 Å². The van der Waals surface area contributed by atoms with Crippen LogP contribution in [0.15, 0.2) is 30.3 Å². The summed E-state index contributed by atoms with van der Waals surface area (Å²) in [5.41, 5.74) is 0.217. The molecule has 4 atom stereocenters. The Morgan fingerprint density at radius 3 is 2.38 bits per heavy atom. The van der Waals surface area contributed by atoms with Gasteiger partial charge in [0.15, 0.2) is 18.5 Å². The zero-order valence-corrected chi connectivity index (χ0v) is 11.5. The molecule has 0 spiro atoms. The molecule has 0 saturated carbocycles. The number of benzene rings is 1. The van der Waals surface area contributed by atoms with Crippen molar-refractivity contribution in [1.29, 1.82) is 0 Å². The topological polar surface area (TPSA) is 113 Å². The molecule has 0 saturated heterocycles. The number of aliphatic hydroxyl groups is 3. The van der Waals surface area contributed by atoms with E-state index in [-0.39, 0.29) is 5.56 Å². The van der Waals surface area contributed by atoms with E-state index >= 15 is 0 Å². The van der Waals surface area contributed by atoms with Crippen LogP contribution in [0.1, 0.15) is 10.4 Å². The summed E-state index contributed by atoms with van der Waals surface area (Å²) >= 11 is 0. The number of ether oxygens (including phenoxy) is 2. The van der Waals surface area contributed by atoms with Crippen molar-refractivity contribution in [3.63, 3.8) is 0 Å². The van der Waals surface area contributed by atoms with Gasteiger partial charge in [-0.05, 0) is 12.1 Å². The van der Waals surface area contributed by atoms with Crippen LogP contribution in [0.2, 0.25) is 0 Å². The standard InChI is InChI=1S/C14H18O7/c1-20-11(8-16)13(12(18)10(17)7-15)21-14(19)9-5-3-2-4-6-9/h2-6,8,10-13,15,17-18H,7H2,1H3/t10-,11+,12-,13-/m1/s1. The van der Waals surface area contributed by atoms with Gasteiger partial charge in [-0.15, -0.1) is 0 Å². The number of esters is 1. The van der Waals surface area contributed by atoms with E-state index in [1.165, 1.54) is 19.2 Å². The molecular weight excluding hydrogens is 280 g/mol. The second-order valence-corrected chi connectivity index (χ2v) is 4.31. The van der Waals surface area contributed by atoms with Crippen LogP contribution in [0, 0.1) is 0 Å². The van der Waals surface area contributed by atoms with E-state index in [2.05, 4.69) is 0 Å². The van der Waals surface area contributed by atoms with Crippen molar-refractivity contribution in [3.8, 4) is 0 Å². The maximum Gasteiger partial charge on any atom is 0.338 e. The quantitative estimate of drug-likeness (QED) is 0.423. The molecule has 116 valence electrons. The number of carbonyl (C=O) groups is 2. The molecule has 0 aliphatic rings. The van der Waals surface area contributed by atoms with Crippen LogP contribution in [0.3, 0.4) is 0 Å². The third-order valence-corrected chi connectivity index (χ3v) is 2.90. The summed E-state index contributed by atoms with van der Waals surface area (Å²) < 4.78 is 9.87. The van der Waals surface area contributed by atoms with E-state index in [1.807, 2.05) is 0 Å². The zero-order valence-electron chi connectivity index (χ0n) is 11.5. The molecule has 0 aliphatic carbocycles. The highest BCUT2D eigenvalue weighted by atomic mass is 16.6. The highest BCUT2D eigenvalue weighted by molar-refractivity contribution is 5.89. The van der Waals surface area contributed by atoms with Crippen molar-refractivity contribution >= 4 is 12.3 Å². The highest BCUT2D eigenvalue weighted by Gasteiger charge is 2.36. The van der Waals surface area contributed by atoms with Gasteiger partial charge in [-0.1, -0.05) is 18.2 Å². The Bertz CT molecular complexity index is 448. The molecular formula is C14H18O7. The van der Waals surface area contributed by atoms with E-state index in [1.54, 1.807) is 18.2 Å². The van der Waals surface area contributed by atoms with Gasteiger partial charge < -0.3 is 29.6 Å². The molecule has 7 heteroatoms. The zero-order chi connectivity index (χ0) is 15.8. The summed E-state index contributed by atoms with van der Waals surface area (Å²) in [5.74, 6) is -0.784. The molecule has 0 heterocycles. The first-order valence-corrected chi connectivity index (χ1v) is 6.26. The highest BCUT2D eigenvalue weighted by Crippen LogP contribution is 2.14. The van der Waals surface area contributed by atoms with Crippen LogP contribution in [0.4, 0.5) is 0 Å². The molecule has 0 aromatic heterocycles. The number of hydrogen-bond acceptors (Lipinski definition) is 7. The van der Waals surface area contributed by atoms with Crippen molar-refractivity contribution in [2.45, 2.75) is 24.4 Å². The maximum absolute atomic E-state index is 12.0. The third kappa shape index (κ3) is 4.61. The molecule has 0 fully saturated rings. The summed E-state index contributed by atoms with van der Waals surface area (Å²) in [6.07, 6.45) is -5.61. The normalized spacial score (nSPS) is 16.6. The maximum atomic E-state index is 12.0. The Kier molecular flexibility index (Phi) is 6.97. The van der Waals surface area contributed by atoms with Crippen LogP contribution < -0.4 is 0 Å². The van der Waals surface area contributed by atoms with Crippen molar-refractivity contribution < 1.29 is 34.4 Å². The number of carbonyl (C=O) groups excluding carboxylic acids is 2. The third-order valence-electron chi connectivity index (χ3n) is 2.90. The van der Waals surface area contributed by atoms with Gasteiger partial charge in [-0.25, -0.2) is 4.79 Å². The van der Waals surface area contributed by atoms with Crippen LogP contribution in [-0.4, -0.2) is 65.7 Å². The summed E-state index contributed by atoms with van der Waals surface area (Å²) in [5, 5.41) is 28.2. The smallest absolute Gasteiger partial charge is 0.338 e. The number of aliphatic hydroxyl groups excluding tert-OH is 3. The van der Waals surface area contributed by atoms with Gasteiger partial charge in [-0.3, -0.25) is 0 Å². The minimum atomic E-state index is -1.67. The lowest BCUT2D eigenvalue weighted by atomic mass is 10.0. The second-order valence-electron chi connectivity index (χ2n) is 4.31. The molecule has 0 bridgehead atoms. The molecule has 3 N–H and O–H groups in total. The van der Waals surface area contributed by atoms with E-state index < -0.39 is 37.0 Å². The lowest BCUT2D eigenvalue weighted by Gasteiger charge is -2.28. The van der Waals surface area contributed by atoms with E-state index in [9.17, 15) is 19.8 Å². The SMILES string of the molecule is CO[C@@H](C=O)[C@@H](OC(=O)c1ccccc1)[C@H](O)[C@H](O)CO. The van der Waals surface area contributed by atoms with Gasteiger partial charge in [0.2, 0.25) is 0 Å². The monoisotopic (exact) mass is 298 g/mol. The van der Waals surface area contributed by atoms with Crippen molar-refractivity contribution in [2.24, 2.45) is 0 Å². The number of methoxy groups -OCH3 is 1. The Labute approximate surface area is 121 Å². The molecule has 0 radical (unpaired) electrons. The average Bonchev–Trinajstić information content (AvgIpc) is 2.54. The fourth-order valence-corrected chi connectivity index (χ4v) is 1.69. The number of hydrogen-bond donors (Lipinski definition) is 3. The van der Waals surface area contributed by atoms with Gasteiger partial charge in [0.25, 0.3) is 0 Å². The Morgan fingerprint density at radius 1 is 1.29 bits per heavy atom. The summed E-state index contributed by atoms with van der Waals surface area (Å²) in [7, 11) is 1.19. The molecule has 1 aromatic carbocycles. The van der Waals surface area contributed by atoms with Crippen LogP contribution in [-0.2, 0) is 14.3 Å². The Morgan fingerprint density at radius 2 is 1.90 bits per heavy atom. The fourth-order valence-electron chi connectivity index (χ4n) is 1.69. The van der Waals surface area contributed by atoms with Crippen LogP contribution >= 0.6 is 0 Å². The lowest BCUT2D eigenvalue weighted by molar-refractivity contribution is -0.142. The van der Waals surface area contributed by atoms with Gasteiger partial charge in [0.1, 0.15) is 12.2 Å². The predicted octanol–water partition coefficient (Wildman–Crippen LogP) is -0.860. The number of aldehydes is 1. The molecule has 21 heavy (non-hydrogen) atoms. The molecule has 1 aromatic rings. The molecule has 1 rings (SSSR count). The van der Waals surface area contributed by atoms with Crippen LogP contribution in [0.5, 0.6) is 0 Å². The minimum Gasteiger partial charge on any atom is -0.453 e. The molecule has 7 nitrogen and oxygen atoms in total. The van der Waals surface area contributed by atoms with E-state index in [0.717, 1.165) is 0 Å². The number of rotatable bonds is 8. The molecule has 0 amide bonds. The molecule has 0 unspecified atom stereocenters. The fraction of sp³-hybridized carbons (Fsp3) is 0.429. The summed E-state index contributed by atoms with van der Waals surface area (Å²) in [6, 6.07) is 7.95. The largest absolute Gasteiger partial charge is 0.453 e. The first-order chi connectivity index (χ1) is 10.0. The van der Waals surface area contributed by atoms with Crippen molar-refractivity contribution in [3.05, 3.63) is 35.9 Å². The average molecular weight is 298 g/mol. The lowest BCUT2D eigenvalue weighted by Crippen LogP contribution is -2.49.